The van der Waals surface area contributed by atoms with Crippen LogP contribution in [0, 0.1) is 19.6 Å². The van der Waals surface area contributed by atoms with E-state index in [1.807, 2.05) is 22.6 Å². The Kier molecular flexibility index (Phi) is 3.69. The SMILES string of the molecule is O=C(O)C1CCN(c2ccc(I)cc2[N+](=O)[O-])C1. The highest BCUT2D eigenvalue weighted by Gasteiger charge is 2.31. The molecule has 0 aliphatic carbocycles. The molecule has 1 aromatic rings. The van der Waals surface area contributed by atoms with Crippen LogP contribution in [0.1, 0.15) is 6.42 Å². The summed E-state index contributed by atoms with van der Waals surface area (Å²) >= 11 is 2.02. The van der Waals surface area contributed by atoms with Crippen molar-refractivity contribution in [1.29, 1.82) is 0 Å². The number of aliphatic carboxylic acids is 1. The highest BCUT2D eigenvalue weighted by Crippen LogP contribution is 2.33. The van der Waals surface area contributed by atoms with E-state index in [1.54, 1.807) is 17.0 Å². The maximum atomic E-state index is 11.0. The van der Waals surface area contributed by atoms with E-state index in [-0.39, 0.29) is 5.69 Å². The quantitative estimate of drug-likeness (QED) is 0.506. The van der Waals surface area contributed by atoms with Crippen LogP contribution in [0.3, 0.4) is 0 Å². The molecular weight excluding hydrogens is 351 g/mol. The van der Waals surface area contributed by atoms with E-state index in [0.717, 1.165) is 3.57 Å². The van der Waals surface area contributed by atoms with E-state index in [9.17, 15) is 14.9 Å². The lowest BCUT2D eigenvalue weighted by Gasteiger charge is -2.17. The van der Waals surface area contributed by atoms with Crippen molar-refractivity contribution in [2.75, 3.05) is 18.0 Å². The fourth-order valence-electron chi connectivity index (χ4n) is 2.09. The van der Waals surface area contributed by atoms with Crippen LogP contribution < -0.4 is 4.90 Å². The van der Waals surface area contributed by atoms with Crippen LogP contribution in [0.5, 0.6) is 0 Å². The van der Waals surface area contributed by atoms with Gasteiger partial charge < -0.3 is 10.0 Å². The Balaban J connectivity index is 2.29. The van der Waals surface area contributed by atoms with E-state index in [2.05, 4.69) is 0 Å². The zero-order chi connectivity index (χ0) is 13.3. The van der Waals surface area contributed by atoms with E-state index in [0.29, 0.717) is 25.2 Å². The van der Waals surface area contributed by atoms with Crippen molar-refractivity contribution >= 4 is 39.9 Å². The standard InChI is InChI=1S/C11H11IN2O4/c12-8-1-2-9(10(5-8)14(17)18)13-4-3-7(6-13)11(15)16/h1-2,5,7H,3-4,6H2,(H,15,16). The molecule has 1 fully saturated rings. The van der Waals surface area contributed by atoms with Gasteiger partial charge in [-0.05, 0) is 41.1 Å². The van der Waals surface area contributed by atoms with Crippen molar-refractivity contribution in [1.82, 2.24) is 0 Å². The molecule has 0 bridgehead atoms. The second-order valence-corrected chi connectivity index (χ2v) is 5.41. The number of rotatable bonds is 3. The second kappa shape index (κ2) is 5.09. The average Bonchev–Trinajstić information content (AvgIpc) is 2.78. The van der Waals surface area contributed by atoms with Gasteiger partial charge in [0, 0.05) is 22.7 Å². The molecule has 0 spiro atoms. The third kappa shape index (κ3) is 2.55. The smallest absolute Gasteiger partial charge is 0.308 e. The van der Waals surface area contributed by atoms with Crippen molar-refractivity contribution in [2.45, 2.75) is 6.42 Å². The van der Waals surface area contributed by atoms with Crippen molar-refractivity contribution in [3.8, 4) is 0 Å². The summed E-state index contributed by atoms with van der Waals surface area (Å²) in [5.74, 6) is -1.28. The summed E-state index contributed by atoms with van der Waals surface area (Å²) in [5, 5.41) is 19.9. The molecule has 1 heterocycles. The number of carboxylic acids is 1. The van der Waals surface area contributed by atoms with E-state index in [1.165, 1.54) is 6.07 Å². The Morgan fingerprint density at radius 2 is 2.28 bits per heavy atom. The first-order valence-corrected chi connectivity index (χ1v) is 6.48. The zero-order valence-electron chi connectivity index (χ0n) is 9.38. The van der Waals surface area contributed by atoms with Crippen molar-refractivity contribution in [2.24, 2.45) is 5.92 Å². The van der Waals surface area contributed by atoms with Gasteiger partial charge in [-0.1, -0.05) is 0 Å². The summed E-state index contributed by atoms with van der Waals surface area (Å²) in [6.45, 7) is 0.870. The molecule has 1 N–H and O–H groups in total. The van der Waals surface area contributed by atoms with Gasteiger partial charge in [0.25, 0.3) is 5.69 Å². The number of halogens is 1. The second-order valence-electron chi connectivity index (χ2n) is 4.16. The molecular formula is C11H11IN2O4. The normalized spacial score (nSPS) is 18.9. The van der Waals surface area contributed by atoms with Crippen molar-refractivity contribution < 1.29 is 14.8 Å². The number of hydrogen-bond acceptors (Lipinski definition) is 4. The van der Waals surface area contributed by atoms with E-state index in [4.69, 9.17) is 5.11 Å². The highest BCUT2D eigenvalue weighted by molar-refractivity contribution is 14.1. The number of benzene rings is 1. The molecule has 1 aromatic carbocycles. The molecule has 18 heavy (non-hydrogen) atoms. The van der Waals surface area contributed by atoms with Crippen LogP contribution in [0.15, 0.2) is 18.2 Å². The van der Waals surface area contributed by atoms with Gasteiger partial charge in [0.2, 0.25) is 0 Å². The molecule has 1 saturated heterocycles. The molecule has 1 unspecified atom stereocenters. The number of nitrogens with zero attached hydrogens (tertiary/aromatic N) is 2. The van der Waals surface area contributed by atoms with Crippen LogP contribution in [0.25, 0.3) is 0 Å². The maximum absolute atomic E-state index is 11.0. The highest BCUT2D eigenvalue weighted by atomic mass is 127. The fourth-order valence-corrected chi connectivity index (χ4v) is 2.57. The minimum atomic E-state index is -0.842. The number of carbonyl (C=O) groups is 1. The summed E-state index contributed by atoms with van der Waals surface area (Å²) < 4.78 is 0.789. The number of nitro groups is 1. The van der Waals surface area contributed by atoms with E-state index < -0.39 is 16.8 Å². The first-order valence-electron chi connectivity index (χ1n) is 5.40. The molecule has 2 rings (SSSR count). The molecule has 96 valence electrons. The monoisotopic (exact) mass is 362 g/mol. The largest absolute Gasteiger partial charge is 0.481 e. The Morgan fingerprint density at radius 3 is 2.83 bits per heavy atom. The predicted molar refractivity (Wildman–Crippen MR) is 73.8 cm³/mol. The average molecular weight is 362 g/mol. The van der Waals surface area contributed by atoms with Gasteiger partial charge in [0.1, 0.15) is 5.69 Å². The molecule has 1 aliphatic heterocycles. The first kappa shape index (κ1) is 13.1. The summed E-state index contributed by atoms with van der Waals surface area (Å²) in [6.07, 6.45) is 0.526. The maximum Gasteiger partial charge on any atom is 0.308 e. The minimum Gasteiger partial charge on any atom is -0.481 e. The van der Waals surface area contributed by atoms with Crippen molar-refractivity contribution in [3.05, 3.63) is 31.9 Å². The van der Waals surface area contributed by atoms with Crippen LogP contribution in [-0.2, 0) is 4.79 Å². The number of carboxylic acid groups (broad SMARTS) is 1. The molecule has 0 amide bonds. The predicted octanol–water partition coefficient (Wildman–Crippen LogP) is 2.11. The van der Waals surface area contributed by atoms with Crippen LogP contribution >= 0.6 is 22.6 Å². The lowest BCUT2D eigenvalue weighted by molar-refractivity contribution is -0.384. The van der Waals surface area contributed by atoms with Gasteiger partial charge in [-0.15, -0.1) is 0 Å². The fraction of sp³-hybridized carbons (Fsp3) is 0.364. The number of hydrogen-bond donors (Lipinski definition) is 1. The summed E-state index contributed by atoms with van der Waals surface area (Å²) in [6, 6.07) is 4.98. The molecule has 0 aromatic heterocycles. The Bertz CT molecular complexity index is 506. The van der Waals surface area contributed by atoms with Crippen LogP contribution in [0.4, 0.5) is 11.4 Å². The summed E-state index contributed by atoms with van der Waals surface area (Å²) in [5.41, 5.74) is 0.539. The van der Waals surface area contributed by atoms with Crippen molar-refractivity contribution in [3.63, 3.8) is 0 Å². The Labute approximate surface area is 117 Å². The molecule has 0 radical (unpaired) electrons. The molecule has 1 aliphatic rings. The summed E-state index contributed by atoms with van der Waals surface area (Å²) in [7, 11) is 0. The van der Waals surface area contributed by atoms with Crippen LogP contribution in [-0.4, -0.2) is 29.1 Å². The van der Waals surface area contributed by atoms with Gasteiger partial charge in [-0.2, -0.15) is 0 Å². The molecule has 6 nitrogen and oxygen atoms in total. The number of anilines is 1. The van der Waals surface area contributed by atoms with Gasteiger partial charge >= 0.3 is 5.97 Å². The Morgan fingerprint density at radius 1 is 1.56 bits per heavy atom. The van der Waals surface area contributed by atoms with E-state index >= 15 is 0 Å². The third-order valence-corrected chi connectivity index (χ3v) is 3.68. The van der Waals surface area contributed by atoms with Crippen LogP contribution in [0.2, 0.25) is 0 Å². The summed E-state index contributed by atoms with van der Waals surface area (Å²) in [4.78, 5) is 23.2. The molecule has 1 atom stereocenters. The lowest BCUT2D eigenvalue weighted by atomic mass is 10.1. The van der Waals surface area contributed by atoms with Gasteiger partial charge in [0.05, 0.1) is 10.8 Å². The number of nitro benzene ring substituents is 1. The minimum absolute atomic E-state index is 0.0351. The van der Waals surface area contributed by atoms with Gasteiger partial charge in [0.15, 0.2) is 0 Å². The molecule has 0 saturated carbocycles. The first-order chi connectivity index (χ1) is 8.49. The van der Waals surface area contributed by atoms with Gasteiger partial charge in [-0.3, -0.25) is 14.9 Å². The lowest BCUT2D eigenvalue weighted by Crippen LogP contribution is -2.23. The van der Waals surface area contributed by atoms with Gasteiger partial charge in [-0.25, -0.2) is 0 Å². The Hall–Kier alpha value is -1.38. The topological polar surface area (TPSA) is 83.7 Å². The third-order valence-electron chi connectivity index (χ3n) is 3.01. The zero-order valence-corrected chi connectivity index (χ0v) is 11.5. The molecule has 7 heteroatoms.